The van der Waals surface area contributed by atoms with E-state index in [0.717, 1.165) is 4.31 Å². The molecule has 10 heteroatoms. The van der Waals surface area contributed by atoms with Crippen LogP contribution in [0.25, 0.3) is 10.2 Å². The minimum atomic E-state index is -3.52. The largest absolute Gasteiger partial charge is 0.296 e. The number of hydrogen-bond acceptors (Lipinski definition) is 6. The fraction of sp³-hybridized carbons (Fsp3) is 0.312. The monoisotopic (exact) mass is 393 g/mol. The van der Waals surface area contributed by atoms with E-state index >= 15 is 0 Å². The molecule has 0 fully saturated rings. The van der Waals surface area contributed by atoms with Crippen LogP contribution in [0.5, 0.6) is 0 Å². The Morgan fingerprint density at radius 1 is 1.27 bits per heavy atom. The lowest BCUT2D eigenvalue weighted by molar-refractivity contribution is 0.102. The first-order valence-electron chi connectivity index (χ1n) is 7.88. The third-order valence-corrected chi connectivity index (χ3v) is 6.47. The maximum absolute atomic E-state index is 12.3. The molecule has 0 atom stereocenters. The lowest BCUT2D eigenvalue weighted by Gasteiger charge is -2.10. The molecule has 0 aliphatic heterocycles. The zero-order valence-electron chi connectivity index (χ0n) is 14.8. The van der Waals surface area contributed by atoms with Crippen molar-refractivity contribution in [2.45, 2.75) is 24.8 Å². The summed E-state index contributed by atoms with van der Waals surface area (Å²) in [6, 6.07) is 6.50. The van der Waals surface area contributed by atoms with Crippen molar-refractivity contribution in [3.05, 3.63) is 36.2 Å². The van der Waals surface area contributed by atoms with E-state index in [0.29, 0.717) is 21.0 Å². The van der Waals surface area contributed by atoms with Gasteiger partial charge in [0.2, 0.25) is 10.0 Å². The minimum absolute atomic E-state index is 0.163. The molecular weight excluding hydrogens is 374 g/mol. The van der Waals surface area contributed by atoms with Crippen LogP contribution in [0.4, 0.5) is 5.13 Å². The Kier molecular flexibility index (Phi) is 4.82. The van der Waals surface area contributed by atoms with Crippen LogP contribution >= 0.6 is 11.3 Å². The van der Waals surface area contributed by atoms with Gasteiger partial charge in [0.1, 0.15) is 0 Å². The van der Waals surface area contributed by atoms with Gasteiger partial charge >= 0.3 is 0 Å². The normalized spacial score (nSPS) is 12.2. The highest BCUT2D eigenvalue weighted by Gasteiger charge is 2.19. The predicted molar refractivity (Wildman–Crippen MR) is 101 cm³/mol. The number of thiazole rings is 1. The Labute approximate surface area is 155 Å². The lowest BCUT2D eigenvalue weighted by Crippen LogP contribution is -2.22. The topological polar surface area (TPSA) is 97.2 Å². The van der Waals surface area contributed by atoms with Crippen LogP contribution in [0.2, 0.25) is 0 Å². The second-order valence-electron chi connectivity index (χ2n) is 6.16. The van der Waals surface area contributed by atoms with Gasteiger partial charge in [-0.05, 0) is 38.1 Å². The van der Waals surface area contributed by atoms with Crippen molar-refractivity contribution >= 4 is 42.6 Å². The number of anilines is 1. The van der Waals surface area contributed by atoms with Crippen molar-refractivity contribution in [1.29, 1.82) is 0 Å². The minimum Gasteiger partial charge on any atom is -0.296 e. The molecule has 0 spiro atoms. The molecule has 1 aromatic carbocycles. The Morgan fingerprint density at radius 3 is 2.62 bits per heavy atom. The molecule has 0 bridgehead atoms. The molecule has 1 amide bonds. The van der Waals surface area contributed by atoms with E-state index < -0.39 is 10.0 Å². The number of carbonyl (C=O) groups excluding carboxylic acids is 1. The number of carbonyl (C=O) groups is 1. The highest BCUT2D eigenvalue weighted by molar-refractivity contribution is 7.89. The Morgan fingerprint density at radius 2 is 2.00 bits per heavy atom. The van der Waals surface area contributed by atoms with Gasteiger partial charge in [-0.2, -0.15) is 5.10 Å². The number of benzene rings is 1. The summed E-state index contributed by atoms with van der Waals surface area (Å²) in [7, 11) is -0.558. The van der Waals surface area contributed by atoms with Gasteiger partial charge in [0.15, 0.2) is 10.8 Å². The molecule has 0 radical (unpaired) electrons. The quantitative estimate of drug-likeness (QED) is 0.718. The number of hydrogen-bond donors (Lipinski definition) is 1. The number of nitrogens with one attached hydrogen (secondary N) is 1. The van der Waals surface area contributed by atoms with E-state index in [2.05, 4.69) is 15.4 Å². The van der Waals surface area contributed by atoms with E-state index in [1.165, 1.54) is 31.5 Å². The average Bonchev–Trinajstić information content (AvgIpc) is 3.20. The van der Waals surface area contributed by atoms with Gasteiger partial charge in [-0.15, -0.1) is 0 Å². The first kappa shape index (κ1) is 18.5. The lowest BCUT2D eigenvalue weighted by atomic mass is 10.3. The molecule has 0 saturated carbocycles. The third-order valence-electron chi connectivity index (χ3n) is 3.73. The second-order valence-corrected chi connectivity index (χ2v) is 9.35. The van der Waals surface area contributed by atoms with Crippen molar-refractivity contribution in [3.63, 3.8) is 0 Å². The van der Waals surface area contributed by atoms with Crippen molar-refractivity contribution in [2.24, 2.45) is 0 Å². The summed E-state index contributed by atoms with van der Waals surface area (Å²) in [6.45, 7) is 3.95. The van der Waals surface area contributed by atoms with Gasteiger partial charge in [-0.1, -0.05) is 11.3 Å². The van der Waals surface area contributed by atoms with Crippen molar-refractivity contribution in [2.75, 3.05) is 19.4 Å². The van der Waals surface area contributed by atoms with Gasteiger partial charge in [-0.25, -0.2) is 17.7 Å². The fourth-order valence-corrected chi connectivity index (χ4v) is 4.14. The summed E-state index contributed by atoms with van der Waals surface area (Å²) in [5, 5.41) is 7.33. The van der Waals surface area contributed by atoms with E-state index in [4.69, 9.17) is 0 Å². The van der Waals surface area contributed by atoms with Gasteiger partial charge in [0.05, 0.1) is 15.1 Å². The maximum atomic E-state index is 12.3. The molecule has 138 valence electrons. The van der Waals surface area contributed by atoms with Crippen LogP contribution in [-0.2, 0) is 10.0 Å². The van der Waals surface area contributed by atoms with Crippen LogP contribution in [0, 0.1) is 0 Å². The molecule has 0 saturated heterocycles. The number of sulfonamides is 1. The first-order valence-corrected chi connectivity index (χ1v) is 10.1. The summed E-state index contributed by atoms with van der Waals surface area (Å²) in [4.78, 5) is 16.8. The van der Waals surface area contributed by atoms with E-state index in [-0.39, 0.29) is 16.8 Å². The molecule has 2 aromatic heterocycles. The highest BCUT2D eigenvalue weighted by Crippen LogP contribution is 2.29. The SMILES string of the molecule is CC(C)n1ccc(C(=O)Nc2nc3ccc(S(=O)(=O)N(C)C)cc3s2)n1. The second kappa shape index (κ2) is 6.78. The van der Waals surface area contributed by atoms with E-state index in [1.54, 1.807) is 29.1 Å². The van der Waals surface area contributed by atoms with Crippen LogP contribution in [0.15, 0.2) is 35.4 Å². The summed E-state index contributed by atoms with van der Waals surface area (Å²) in [6.07, 6.45) is 1.75. The molecule has 2 heterocycles. The number of amides is 1. The zero-order chi connectivity index (χ0) is 19.1. The Hall–Kier alpha value is -2.30. The van der Waals surface area contributed by atoms with Gasteiger partial charge in [-0.3, -0.25) is 14.8 Å². The van der Waals surface area contributed by atoms with Crippen LogP contribution in [0.3, 0.4) is 0 Å². The number of rotatable bonds is 5. The van der Waals surface area contributed by atoms with Crippen molar-refractivity contribution in [3.8, 4) is 0 Å². The fourth-order valence-electron chi connectivity index (χ4n) is 2.24. The molecule has 8 nitrogen and oxygen atoms in total. The van der Waals surface area contributed by atoms with E-state index in [1.807, 2.05) is 13.8 Å². The smallest absolute Gasteiger partial charge is 0.277 e. The third kappa shape index (κ3) is 3.48. The van der Waals surface area contributed by atoms with Crippen LogP contribution in [-0.4, -0.2) is 47.5 Å². The summed E-state index contributed by atoms with van der Waals surface area (Å²) in [5.41, 5.74) is 0.921. The molecule has 0 aliphatic rings. The van der Waals surface area contributed by atoms with Crippen molar-refractivity contribution < 1.29 is 13.2 Å². The first-order chi connectivity index (χ1) is 12.2. The summed E-state index contributed by atoms with van der Waals surface area (Å²) >= 11 is 1.21. The molecule has 0 unspecified atom stereocenters. The highest BCUT2D eigenvalue weighted by atomic mass is 32.2. The maximum Gasteiger partial charge on any atom is 0.277 e. The van der Waals surface area contributed by atoms with Crippen molar-refractivity contribution in [1.82, 2.24) is 19.1 Å². The zero-order valence-corrected chi connectivity index (χ0v) is 16.4. The molecule has 3 aromatic rings. The Bertz CT molecular complexity index is 1070. The molecule has 0 aliphatic carbocycles. The number of aromatic nitrogens is 3. The number of nitrogens with zero attached hydrogens (tertiary/aromatic N) is 4. The van der Waals surface area contributed by atoms with E-state index in [9.17, 15) is 13.2 Å². The molecule has 1 N–H and O–H groups in total. The molecular formula is C16H19N5O3S2. The van der Waals surface area contributed by atoms with Crippen LogP contribution in [0.1, 0.15) is 30.4 Å². The van der Waals surface area contributed by atoms with Crippen LogP contribution < -0.4 is 5.32 Å². The summed E-state index contributed by atoms with van der Waals surface area (Å²) < 4.78 is 28.0. The average molecular weight is 393 g/mol. The number of fused-ring (bicyclic) bond motifs is 1. The van der Waals surface area contributed by atoms with Gasteiger partial charge in [0, 0.05) is 26.3 Å². The Balaban J connectivity index is 1.86. The summed E-state index contributed by atoms with van der Waals surface area (Å²) in [5.74, 6) is -0.357. The predicted octanol–water partition coefficient (Wildman–Crippen LogP) is 2.58. The van der Waals surface area contributed by atoms with Gasteiger partial charge in [0.25, 0.3) is 5.91 Å². The molecule has 3 rings (SSSR count). The molecule has 26 heavy (non-hydrogen) atoms. The standard InChI is InChI=1S/C16H19N5O3S2/c1-10(2)21-8-7-13(19-21)15(22)18-16-17-12-6-5-11(9-14(12)25-16)26(23,24)20(3)4/h5-10H,1-4H3,(H,17,18,22). The van der Waals surface area contributed by atoms with Gasteiger partial charge < -0.3 is 0 Å².